The van der Waals surface area contributed by atoms with Crippen molar-refractivity contribution in [2.24, 2.45) is 22.7 Å². The van der Waals surface area contributed by atoms with Crippen LogP contribution in [-0.2, 0) is 16.0 Å². The zero-order valence-electron chi connectivity index (χ0n) is 18.1. The molecule has 1 aromatic heterocycles. The summed E-state index contributed by atoms with van der Waals surface area (Å²) >= 11 is 0. The summed E-state index contributed by atoms with van der Waals surface area (Å²) in [6.07, 6.45) is 4.04. The smallest absolute Gasteiger partial charge is 0.337 e. The number of ketones is 1. The lowest BCUT2D eigenvalue weighted by Crippen LogP contribution is -2.20. The third kappa shape index (κ3) is 3.20. The molecule has 5 heteroatoms. The Morgan fingerprint density at radius 2 is 1.79 bits per heavy atom. The van der Waals surface area contributed by atoms with Crippen molar-refractivity contribution in [1.29, 1.82) is 0 Å². The van der Waals surface area contributed by atoms with Crippen LogP contribution in [0.1, 0.15) is 61.3 Å². The minimum absolute atomic E-state index is 0.00876. The molecule has 1 aliphatic carbocycles. The van der Waals surface area contributed by atoms with Gasteiger partial charge in [-0.1, -0.05) is 33.8 Å². The number of fused-ring (bicyclic) bond motifs is 1. The predicted octanol–water partition coefficient (Wildman–Crippen LogP) is 4.72. The highest BCUT2D eigenvalue weighted by Crippen LogP contribution is 2.69. The molecule has 0 atom stereocenters. The molecule has 1 aliphatic heterocycles. The zero-order valence-corrected chi connectivity index (χ0v) is 18.1. The van der Waals surface area contributed by atoms with Gasteiger partial charge in [0.1, 0.15) is 0 Å². The molecule has 0 amide bonds. The average Bonchev–Trinajstić information content (AvgIpc) is 2.96. The molecule has 5 nitrogen and oxygen atoms in total. The van der Waals surface area contributed by atoms with Crippen LogP contribution in [-0.4, -0.2) is 36.6 Å². The van der Waals surface area contributed by atoms with Crippen LogP contribution in [0.4, 0.5) is 0 Å². The summed E-state index contributed by atoms with van der Waals surface area (Å²) in [5, 5.41) is 0.924. The van der Waals surface area contributed by atoms with Gasteiger partial charge in [-0.05, 0) is 41.7 Å². The van der Waals surface area contributed by atoms with Crippen molar-refractivity contribution < 1.29 is 19.1 Å². The lowest BCUT2D eigenvalue weighted by atomic mass is 10.00. The molecule has 4 rings (SSSR count). The first-order chi connectivity index (χ1) is 13.7. The summed E-state index contributed by atoms with van der Waals surface area (Å²) in [6, 6.07) is 5.52. The van der Waals surface area contributed by atoms with Crippen molar-refractivity contribution in [3.63, 3.8) is 0 Å². The lowest BCUT2D eigenvalue weighted by Gasteiger charge is -2.22. The van der Waals surface area contributed by atoms with Crippen molar-refractivity contribution in [3.8, 4) is 0 Å². The first-order valence-corrected chi connectivity index (χ1v) is 10.5. The second-order valence-electron chi connectivity index (χ2n) is 9.72. The largest absolute Gasteiger partial charge is 0.465 e. The summed E-state index contributed by atoms with van der Waals surface area (Å²) in [7, 11) is 1.39. The maximum atomic E-state index is 13.5. The SMILES string of the molecule is COC(=O)c1ccc2c(C(=O)C3C(C)(C)C3(C)C)cn(CC3CCOCC3)c2c1. The number of hydrogen-bond acceptors (Lipinski definition) is 4. The summed E-state index contributed by atoms with van der Waals surface area (Å²) < 4.78 is 12.6. The molecule has 1 saturated carbocycles. The summed E-state index contributed by atoms with van der Waals surface area (Å²) in [6.45, 7) is 11.1. The Morgan fingerprint density at radius 1 is 1.14 bits per heavy atom. The Bertz CT molecular complexity index is 949. The number of carbonyl (C=O) groups is 2. The van der Waals surface area contributed by atoms with E-state index in [0.29, 0.717) is 11.5 Å². The fraction of sp³-hybridized carbons (Fsp3) is 0.583. The van der Waals surface area contributed by atoms with Crippen molar-refractivity contribution >= 4 is 22.7 Å². The van der Waals surface area contributed by atoms with Crippen LogP contribution in [0, 0.1) is 22.7 Å². The fourth-order valence-corrected chi connectivity index (χ4v) is 5.10. The topological polar surface area (TPSA) is 57.5 Å². The Kier molecular flexibility index (Phi) is 4.85. The normalized spacial score (nSPS) is 21.3. The summed E-state index contributed by atoms with van der Waals surface area (Å²) in [5.41, 5.74) is 2.19. The third-order valence-corrected chi connectivity index (χ3v) is 7.65. The van der Waals surface area contributed by atoms with Gasteiger partial charge in [0, 0.05) is 48.3 Å². The van der Waals surface area contributed by atoms with Gasteiger partial charge in [-0.3, -0.25) is 4.79 Å². The van der Waals surface area contributed by atoms with Crippen LogP contribution in [0.3, 0.4) is 0 Å². The second kappa shape index (κ2) is 6.98. The number of esters is 1. The maximum absolute atomic E-state index is 13.5. The summed E-state index contributed by atoms with van der Waals surface area (Å²) in [4.78, 5) is 25.6. The highest BCUT2D eigenvalue weighted by Gasteiger charge is 2.68. The molecule has 0 spiro atoms. The van der Waals surface area contributed by atoms with E-state index in [1.807, 2.05) is 18.3 Å². The molecule has 1 aromatic carbocycles. The van der Waals surface area contributed by atoms with Gasteiger partial charge < -0.3 is 14.0 Å². The van der Waals surface area contributed by atoms with E-state index in [1.54, 1.807) is 6.07 Å². The van der Waals surface area contributed by atoms with Gasteiger partial charge in [0.05, 0.1) is 12.7 Å². The van der Waals surface area contributed by atoms with Gasteiger partial charge in [0.15, 0.2) is 5.78 Å². The number of hydrogen-bond donors (Lipinski definition) is 0. The van der Waals surface area contributed by atoms with Gasteiger partial charge in [-0.25, -0.2) is 4.79 Å². The van der Waals surface area contributed by atoms with Gasteiger partial charge in [-0.2, -0.15) is 0 Å². The first kappa shape index (κ1) is 20.1. The molecule has 1 saturated heterocycles. The quantitative estimate of drug-likeness (QED) is 0.541. The fourth-order valence-electron chi connectivity index (χ4n) is 5.10. The van der Waals surface area contributed by atoms with Crippen molar-refractivity contribution in [2.75, 3.05) is 20.3 Å². The highest BCUT2D eigenvalue weighted by molar-refractivity contribution is 6.11. The van der Waals surface area contributed by atoms with E-state index in [2.05, 4.69) is 32.3 Å². The Morgan fingerprint density at radius 3 is 2.38 bits per heavy atom. The first-order valence-electron chi connectivity index (χ1n) is 10.5. The standard InChI is InChI=1S/C24H31NO4/c1-23(2)21(24(23,3)4)20(26)18-14-25(13-15-8-10-29-11-9-15)19-12-16(22(27)28-5)6-7-17(18)19/h6-7,12,14-15,21H,8-11,13H2,1-5H3. The number of benzene rings is 1. The van der Waals surface area contributed by atoms with Crippen LogP contribution < -0.4 is 0 Å². The van der Waals surface area contributed by atoms with Gasteiger partial charge in [-0.15, -0.1) is 0 Å². The summed E-state index contributed by atoms with van der Waals surface area (Å²) in [5.74, 6) is 0.375. The molecule has 0 unspecified atom stereocenters. The van der Waals surface area contributed by atoms with E-state index in [4.69, 9.17) is 9.47 Å². The van der Waals surface area contributed by atoms with Crippen LogP contribution in [0.2, 0.25) is 0 Å². The van der Waals surface area contributed by atoms with Crippen LogP contribution in [0.15, 0.2) is 24.4 Å². The Labute approximate surface area is 172 Å². The number of aromatic nitrogens is 1. The number of carbonyl (C=O) groups excluding carboxylic acids is 2. The maximum Gasteiger partial charge on any atom is 0.337 e. The number of ether oxygens (including phenoxy) is 2. The molecule has 2 aromatic rings. The van der Waals surface area contributed by atoms with E-state index < -0.39 is 0 Å². The van der Waals surface area contributed by atoms with Crippen LogP contribution in [0.5, 0.6) is 0 Å². The molecule has 0 radical (unpaired) electrons. The second-order valence-corrected chi connectivity index (χ2v) is 9.72. The van der Waals surface area contributed by atoms with Gasteiger partial charge in [0.25, 0.3) is 0 Å². The minimum Gasteiger partial charge on any atom is -0.465 e. The number of methoxy groups -OCH3 is 1. The minimum atomic E-state index is -0.358. The van der Waals surface area contributed by atoms with E-state index in [1.165, 1.54) is 7.11 Å². The number of nitrogens with zero attached hydrogens (tertiary/aromatic N) is 1. The molecule has 2 heterocycles. The average molecular weight is 398 g/mol. The van der Waals surface area contributed by atoms with E-state index in [9.17, 15) is 9.59 Å². The van der Waals surface area contributed by atoms with Crippen LogP contribution in [0.25, 0.3) is 10.9 Å². The predicted molar refractivity (Wildman–Crippen MR) is 112 cm³/mol. The van der Waals surface area contributed by atoms with Crippen molar-refractivity contribution in [1.82, 2.24) is 4.57 Å². The lowest BCUT2D eigenvalue weighted by molar-refractivity contribution is 0.0600. The molecule has 156 valence electrons. The Hall–Kier alpha value is -2.14. The van der Waals surface area contributed by atoms with Crippen molar-refractivity contribution in [2.45, 2.75) is 47.1 Å². The molecule has 0 bridgehead atoms. The molecular weight excluding hydrogens is 366 g/mol. The van der Waals surface area contributed by atoms with Crippen molar-refractivity contribution in [3.05, 3.63) is 35.5 Å². The molecule has 2 fully saturated rings. The monoisotopic (exact) mass is 397 g/mol. The number of Topliss-reactive ketones (excluding diaryl/α,β-unsaturated/α-hetero) is 1. The van der Waals surface area contributed by atoms with E-state index >= 15 is 0 Å². The highest BCUT2D eigenvalue weighted by atomic mass is 16.5. The number of rotatable bonds is 5. The molecule has 29 heavy (non-hydrogen) atoms. The Balaban J connectivity index is 1.76. The van der Waals surface area contributed by atoms with Crippen LogP contribution >= 0.6 is 0 Å². The van der Waals surface area contributed by atoms with E-state index in [-0.39, 0.29) is 28.5 Å². The van der Waals surface area contributed by atoms with Gasteiger partial charge in [0.2, 0.25) is 0 Å². The van der Waals surface area contributed by atoms with E-state index in [0.717, 1.165) is 49.1 Å². The molecular formula is C24H31NO4. The molecule has 2 aliphatic rings. The molecule has 0 N–H and O–H groups in total. The van der Waals surface area contributed by atoms with Gasteiger partial charge >= 0.3 is 5.97 Å². The third-order valence-electron chi connectivity index (χ3n) is 7.65. The zero-order chi connectivity index (χ0) is 21.0.